The summed E-state index contributed by atoms with van der Waals surface area (Å²) in [7, 11) is -3.44. The Hall–Kier alpha value is -1.62. The lowest BCUT2D eigenvalue weighted by Gasteiger charge is -2.20. The van der Waals surface area contributed by atoms with E-state index in [1.54, 1.807) is 13.1 Å². The van der Waals surface area contributed by atoms with E-state index in [0.717, 1.165) is 11.2 Å². The van der Waals surface area contributed by atoms with Gasteiger partial charge in [-0.05, 0) is 6.92 Å². The number of carbonyl (C=O) groups excluding carboxylic acids is 2. The Bertz CT molecular complexity index is 438. The highest BCUT2D eigenvalue weighted by Gasteiger charge is 2.27. The Balaban J connectivity index is 4.99. The Morgan fingerprint density at radius 2 is 2.00 bits per heavy atom. The molecular formula is C9H15N3O4S. The summed E-state index contributed by atoms with van der Waals surface area (Å²) in [6.07, 6.45) is 2.58. The Morgan fingerprint density at radius 3 is 2.29 bits per heavy atom. The Morgan fingerprint density at radius 1 is 1.47 bits per heavy atom. The zero-order valence-electron chi connectivity index (χ0n) is 9.93. The average Bonchev–Trinajstić information content (AvgIpc) is 2.15. The van der Waals surface area contributed by atoms with Gasteiger partial charge >= 0.3 is 0 Å². The molecule has 0 aromatic rings. The molecule has 1 N–H and O–H groups in total. The van der Waals surface area contributed by atoms with Crippen LogP contribution in [0.25, 0.3) is 0 Å². The summed E-state index contributed by atoms with van der Waals surface area (Å²) in [5, 5.41) is 10.9. The predicted molar refractivity (Wildman–Crippen MR) is 60.3 cm³/mol. The number of nitriles is 1. The van der Waals surface area contributed by atoms with Crippen LogP contribution in [0.4, 0.5) is 0 Å². The van der Waals surface area contributed by atoms with Gasteiger partial charge in [0.2, 0.25) is 5.91 Å². The maximum Gasteiger partial charge on any atom is 0.259 e. The highest BCUT2D eigenvalue weighted by molar-refractivity contribution is 7.90. The van der Waals surface area contributed by atoms with Crippen molar-refractivity contribution in [2.24, 2.45) is 0 Å². The average molecular weight is 261 g/mol. The maximum atomic E-state index is 11.7. The van der Waals surface area contributed by atoms with Crippen LogP contribution in [0.1, 0.15) is 13.8 Å². The van der Waals surface area contributed by atoms with E-state index in [2.05, 4.69) is 5.32 Å². The molecule has 0 aliphatic carbocycles. The van der Waals surface area contributed by atoms with E-state index in [0.29, 0.717) is 0 Å². The van der Waals surface area contributed by atoms with Gasteiger partial charge in [-0.3, -0.25) is 9.59 Å². The summed E-state index contributed by atoms with van der Waals surface area (Å²) in [6.45, 7) is 2.87. The van der Waals surface area contributed by atoms with E-state index < -0.39 is 33.4 Å². The predicted octanol–water partition coefficient (Wildman–Crippen LogP) is -1.13. The van der Waals surface area contributed by atoms with Crippen molar-refractivity contribution in [1.29, 1.82) is 5.26 Å². The summed E-state index contributed by atoms with van der Waals surface area (Å²) in [5.41, 5.74) is 0. The minimum Gasteiger partial charge on any atom is -0.344 e. The van der Waals surface area contributed by atoms with Crippen LogP contribution < -0.4 is 5.32 Å². The molecule has 0 radical (unpaired) electrons. The molecule has 0 fully saturated rings. The number of hydrogen-bond donors (Lipinski definition) is 1. The molecule has 1 atom stereocenters. The van der Waals surface area contributed by atoms with Crippen LogP contribution in [0.15, 0.2) is 0 Å². The van der Waals surface area contributed by atoms with Gasteiger partial charge in [-0.1, -0.05) is 0 Å². The van der Waals surface area contributed by atoms with E-state index in [1.807, 2.05) is 0 Å². The zero-order chi connectivity index (χ0) is 13.6. The smallest absolute Gasteiger partial charge is 0.259 e. The minimum atomic E-state index is -3.44. The number of amides is 2. The van der Waals surface area contributed by atoms with Gasteiger partial charge in [0.05, 0.1) is 5.75 Å². The van der Waals surface area contributed by atoms with Crippen LogP contribution in [0.2, 0.25) is 0 Å². The lowest BCUT2D eigenvalue weighted by atomic mass is 10.3. The first kappa shape index (κ1) is 15.4. The first-order valence-corrected chi connectivity index (χ1v) is 6.93. The second-order valence-electron chi connectivity index (χ2n) is 3.53. The van der Waals surface area contributed by atoms with Crippen molar-refractivity contribution in [2.45, 2.75) is 19.9 Å². The van der Waals surface area contributed by atoms with Gasteiger partial charge in [-0.25, -0.2) is 13.3 Å². The maximum absolute atomic E-state index is 11.7. The molecule has 0 aromatic carbocycles. The molecule has 0 saturated carbocycles. The lowest BCUT2D eigenvalue weighted by Crippen LogP contribution is -2.50. The fraction of sp³-hybridized carbons (Fsp3) is 0.667. The van der Waals surface area contributed by atoms with Gasteiger partial charge in [-0.15, -0.1) is 0 Å². The van der Waals surface area contributed by atoms with Crippen molar-refractivity contribution in [1.82, 2.24) is 10.2 Å². The molecule has 0 saturated heterocycles. The topological polar surface area (TPSA) is 107 Å². The van der Waals surface area contributed by atoms with Crippen LogP contribution in [0.5, 0.6) is 0 Å². The standard InChI is InChI=1S/C9H15N3O4S/c1-4-12(6-10)9(14)8(11-7(2)13)5-17(3,15)16/h8H,4-5H2,1-3H3,(H,11,13). The number of likely N-dealkylation sites (N-methyl/N-ethyl adjacent to an activating group) is 1. The molecule has 96 valence electrons. The molecule has 0 bridgehead atoms. The van der Waals surface area contributed by atoms with Crippen LogP contribution >= 0.6 is 0 Å². The van der Waals surface area contributed by atoms with Gasteiger partial charge < -0.3 is 5.32 Å². The minimum absolute atomic E-state index is 0.120. The van der Waals surface area contributed by atoms with Crippen molar-refractivity contribution >= 4 is 21.7 Å². The number of nitrogens with one attached hydrogen (secondary N) is 1. The summed E-state index contributed by atoms with van der Waals surface area (Å²) in [4.78, 5) is 23.4. The summed E-state index contributed by atoms with van der Waals surface area (Å²) < 4.78 is 22.2. The first-order chi connectivity index (χ1) is 7.71. The van der Waals surface area contributed by atoms with E-state index in [4.69, 9.17) is 5.26 Å². The Kier molecular flexibility index (Phi) is 5.61. The zero-order valence-corrected chi connectivity index (χ0v) is 10.7. The summed E-state index contributed by atoms with van der Waals surface area (Å²) >= 11 is 0. The van der Waals surface area contributed by atoms with Crippen molar-refractivity contribution in [3.63, 3.8) is 0 Å². The monoisotopic (exact) mass is 261 g/mol. The van der Waals surface area contributed by atoms with E-state index >= 15 is 0 Å². The molecule has 7 nitrogen and oxygen atoms in total. The number of nitrogens with zero attached hydrogens (tertiary/aromatic N) is 2. The second-order valence-corrected chi connectivity index (χ2v) is 5.71. The van der Waals surface area contributed by atoms with Crippen molar-refractivity contribution in [3.05, 3.63) is 0 Å². The van der Waals surface area contributed by atoms with Crippen LogP contribution in [-0.2, 0) is 19.4 Å². The molecule has 1 unspecified atom stereocenters. The van der Waals surface area contributed by atoms with E-state index in [-0.39, 0.29) is 6.54 Å². The normalized spacial score (nSPS) is 12.4. The molecule has 2 amide bonds. The summed E-state index contributed by atoms with van der Waals surface area (Å²) in [5.74, 6) is -1.78. The van der Waals surface area contributed by atoms with Crippen LogP contribution in [0.3, 0.4) is 0 Å². The fourth-order valence-electron chi connectivity index (χ4n) is 1.19. The third kappa shape index (κ3) is 5.87. The number of carbonyl (C=O) groups is 2. The fourth-order valence-corrected chi connectivity index (χ4v) is 2.02. The molecule has 0 spiro atoms. The molecule has 0 aliphatic rings. The quantitative estimate of drug-likeness (QED) is 0.497. The SMILES string of the molecule is CCN(C#N)C(=O)C(CS(C)(=O)=O)NC(C)=O. The molecule has 0 heterocycles. The molecule has 0 aromatic heterocycles. The van der Waals surface area contributed by atoms with Crippen LogP contribution in [0, 0.1) is 11.5 Å². The summed E-state index contributed by atoms with van der Waals surface area (Å²) in [6, 6.07) is -1.22. The Labute approximate surface area is 100 Å². The molecule has 0 aliphatic heterocycles. The first-order valence-electron chi connectivity index (χ1n) is 4.87. The van der Waals surface area contributed by atoms with Crippen LogP contribution in [-0.4, -0.2) is 49.7 Å². The molecule has 17 heavy (non-hydrogen) atoms. The molecule has 0 rings (SSSR count). The van der Waals surface area contributed by atoms with Crippen molar-refractivity contribution in [3.8, 4) is 6.19 Å². The number of sulfone groups is 1. The second kappa shape index (κ2) is 6.20. The largest absolute Gasteiger partial charge is 0.344 e. The highest BCUT2D eigenvalue weighted by atomic mass is 32.2. The third-order valence-electron chi connectivity index (χ3n) is 1.85. The van der Waals surface area contributed by atoms with Gasteiger partial charge in [-0.2, -0.15) is 5.26 Å². The molecule has 8 heteroatoms. The van der Waals surface area contributed by atoms with Gasteiger partial charge in [0, 0.05) is 19.7 Å². The van der Waals surface area contributed by atoms with E-state index in [1.165, 1.54) is 6.92 Å². The van der Waals surface area contributed by atoms with Crippen molar-refractivity contribution in [2.75, 3.05) is 18.6 Å². The lowest BCUT2D eigenvalue weighted by molar-refractivity contribution is -0.132. The third-order valence-corrected chi connectivity index (χ3v) is 2.79. The van der Waals surface area contributed by atoms with Gasteiger partial charge in [0.1, 0.15) is 15.9 Å². The highest BCUT2D eigenvalue weighted by Crippen LogP contribution is 1.98. The van der Waals surface area contributed by atoms with E-state index in [9.17, 15) is 18.0 Å². The van der Waals surface area contributed by atoms with Gasteiger partial charge in [0.15, 0.2) is 6.19 Å². The number of rotatable bonds is 5. The van der Waals surface area contributed by atoms with Gasteiger partial charge in [0.25, 0.3) is 5.91 Å². The number of hydrogen-bond acceptors (Lipinski definition) is 5. The van der Waals surface area contributed by atoms with Crippen molar-refractivity contribution < 1.29 is 18.0 Å². The molecular weight excluding hydrogens is 246 g/mol.